The molecule has 1 amide bonds. The molecule has 3 nitrogen and oxygen atoms in total. The summed E-state index contributed by atoms with van der Waals surface area (Å²) >= 11 is 0. The Labute approximate surface area is 131 Å². The van der Waals surface area contributed by atoms with Crippen LogP contribution in [0.5, 0.6) is 0 Å². The molecule has 0 fully saturated rings. The molecule has 0 N–H and O–H groups in total. The van der Waals surface area contributed by atoms with E-state index in [-0.39, 0.29) is 5.91 Å². The molecule has 0 bridgehead atoms. The molecule has 0 aromatic heterocycles. The molecule has 3 atom stereocenters. The molecule has 0 radical (unpaired) electrons. The van der Waals surface area contributed by atoms with Gasteiger partial charge < -0.3 is 9.38 Å². The summed E-state index contributed by atoms with van der Waals surface area (Å²) in [6, 6.07) is 0. The molecule has 0 unspecified atom stereocenters. The minimum absolute atomic E-state index is 0.224. The fourth-order valence-electron chi connectivity index (χ4n) is 3.53. The van der Waals surface area contributed by atoms with Crippen molar-refractivity contribution < 1.29 is 9.28 Å². The van der Waals surface area contributed by atoms with Crippen LogP contribution in [0.15, 0.2) is 11.6 Å². The molecular formula is C18H35N2O+. The van der Waals surface area contributed by atoms with Gasteiger partial charge in [-0.05, 0) is 31.1 Å². The summed E-state index contributed by atoms with van der Waals surface area (Å²) in [5, 5.41) is 0. The van der Waals surface area contributed by atoms with Crippen molar-refractivity contribution in [2.45, 2.75) is 40.5 Å². The van der Waals surface area contributed by atoms with Crippen LogP contribution in [0.1, 0.15) is 40.5 Å². The summed E-state index contributed by atoms with van der Waals surface area (Å²) in [6.45, 7) is 11.5. The van der Waals surface area contributed by atoms with Crippen LogP contribution in [0, 0.1) is 17.8 Å². The summed E-state index contributed by atoms with van der Waals surface area (Å²) < 4.78 is 0.962. The van der Waals surface area contributed by atoms with Crippen molar-refractivity contribution in [2.75, 3.05) is 40.8 Å². The second-order valence-electron chi connectivity index (χ2n) is 8.05. The highest BCUT2D eigenvalue weighted by atomic mass is 16.2. The molecule has 3 heteroatoms. The molecule has 1 aliphatic carbocycles. The van der Waals surface area contributed by atoms with Crippen LogP contribution in [-0.2, 0) is 4.79 Å². The topological polar surface area (TPSA) is 20.3 Å². The van der Waals surface area contributed by atoms with Gasteiger partial charge in [0.2, 0.25) is 5.91 Å². The van der Waals surface area contributed by atoms with Gasteiger partial charge in [0.05, 0.1) is 27.7 Å². The number of allylic oxidation sites excluding steroid dienone is 2. The van der Waals surface area contributed by atoms with E-state index in [1.807, 2.05) is 0 Å². The van der Waals surface area contributed by atoms with Crippen molar-refractivity contribution in [1.82, 2.24) is 4.90 Å². The summed E-state index contributed by atoms with van der Waals surface area (Å²) in [5.74, 6) is 2.07. The van der Waals surface area contributed by atoms with E-state index in [0.717, 1.165) is 30.5 Å². The summed E-state index contributed by atoms with van der Waals surface area (Å²) in [5.41, 5.74) is 1.51. The van der Waals surface area contributed by atoms with Crippen molar-refractivity contribution in [3.63, 3.8) is 0 Å². The smallest absolute Gasteiger partial charge is 0.219 e. The zero-order chi connectivity index (χ0) is 16.2. The lowest BCUT2D eigenvalue weighted by Gasteiger charge is -2.37. The predicted molar refractivity (Wildman–Crippen MR) is 90.0 cm³/mol. The number of quaternary nitrogens is 1. The Hall–Kier alpha value is -0.830. The van der Waals surface area contributed by atoms with Crippen molar-refractivity contribution >= 4 is 5.91 Å². The fourth-order valence-corrected chi connectivity index (χ4v) is 3.53. The molecule has 0 aromatic carbocycles. The number of carbonyl (C=O) groups is 1. The Morgan fingerprint density at radius 1 is 1.33 bits per heavy atom. The molecule has 122 valence electrons. The third-order valence-electron chi connectivity index (χ3n) is 4.73. The maximum atomic E-state index is 12.0. The Morgan fingerprint density at radius 2 is 1.95 bits per heavy atom. The van der Waals surface area contributed by atoms with E-state index in [0.29, 0.717) is 17.8 Å². The van der Waals surface area contributed by atoms with Crippen LogP contribution < -0.4 is 0 Å². The SMILES string of the molecule is CC(=O)N(CCC[N+](C)(C)C)C[C@H]1[C@H](C)C=C(C)C[C@@H]1C. The molecule has 0 saturated heterocycles. The van der Waals surface area contributed by atoms with Gasteiger partial charge in [0.25, 0.3) is 0 Å². The molecule has 0 spiro atoms. The van der Waals surface area contributed by atoms with Crippen LogP contribution in [0.3, 0.4) is 0 Å². The highest BCUT2D eigenvalue weighted by Gasteiger charge is 2.29. The lowest BCUT2D eigenvalue weighted by molar-refractivity contribution is -0.870. The average Bonchev–Trinajstić information content (AvgIpc) is 2.29. The van der Waals surface area contributed by atoms with E-state index in [4.69, 9.17) is 0 Å². The summed E-state index contributed by atoms with van der Waals surface area (Å²) in [7, 11) is 6.62. The number of rotatable bonds is 6. The Kier molecular flexibility index (Phi) is 6.45. The molecule has 1 aliphatic rings. The van der Waals surface area contributed by atoms with E-state index in [1.165, 1.54) is 12.0 Å². The van der Waals surface area contributed by atoms with Gasteiger partial charge >= 0.3 is 0 Å². The van der Waals surface area contributed by atoms with Gasteiger partial charge in [0.1, 0.15) is 0 Å². The Morgan fingerprint density at radius 3 is 2.43 bits per heavy atom. The number of carbonyl (C=O) groups excluding carboxylic acids is 1. The number of hydrogen-bond acceptors (Lipinski definition) is 1. The van der Waals surface area contributed by atoms with Crippen LogP contribution in [0.4, 0.5) is 0 Å². The first-order valence-electron chi connectivity index (χ1n) is 8.33. The average molecular weight is 295 g/mol. The van der Waals surface area contributed by atoms with Gasteiger partial charge in [0.15, 0.2) is 0 Å². The van der Waals surface area contributed by atoms with Gasteiger partial charge in [-0.2, -0.15) is 0 Å². The highest BCUT2D eigenvalue weighted by Crippen LogP contribution is 2.34. The lowest BCUT2D eigenvalue weighted by Crippen LogP contribution is -2.42. The molecular weight excluding hydrogens is 260 g/mol. The molecule has 0 aliphatic heterocycles. The monoisotopic (exact) mass is 295 g/mol. The largest absolute Gasteiger partial charge is 0.342 e. The standard InChI is InChI=1S/C18H35N2O/c1-14-11-15(2)18(16(3)12-14)13-19(17(4)21)9-8-10-20(5,6)7/h11,15-16,18H,8-10,12-13H2,1-7H3/q+1/t15-,16+,18+/m1/s1. The van der Waals surface area contributed by atoms with Gasteiger partial charge in [0, 0.05) is 26.4 Å². The van der Waals surface area contributed by atoms with Crippen LogP contribution in [-0.4, -0.2) is 56.1 Å². The first-order chi connectivity index (χ1) is 9.60. The van der Waals surface area contributed by atoms with Crippen LogP contribution >= 0.6 is 0 Å². The van der Waals surface area contributed by atoms with Gasteiger partial charge in [-0.15, -0.1) is 0 Å². The lowest BCUT2D eigenvalue weighted by atomic mass is 9.74. The fraction of sp³-hybridized carbons (Fsp3) is 0.833. The zero-order valence-corrected chi connectivity index (χ0v) is 15.1. The predicted octanol–water partition coefficient (Wildman–Crippen LogP) is 3.17. The zero-order valence-electron chi connectivity index (χ0n) is 15.1. The van der Waals surface area contributed by atoms with E-state index in [1.54, 1.807) is 6.92 Å². The number of nitrogens with zero attached hydrogens (tertiary/aromatic N) is 2. The van der Waals surface area contributed by atoms with Gasteiger partial charge in [-0.3, -0.25) is 4.79 Å². The third kappa shape index (κ3) is 6.21. The van der Waals surface area contributed by atoms with Crippen molar-refractivity contribution in [3.05, 3.63) is 11.6 Å². The highest BCUT2D eigenvalue weighted by molar-refractivity contribution is 5.73. The molecule has 1 rings (SSSR count). The molecule has 21 heavy (non-hydrogen) atoms. The van der Waals surface area contributed by atoms with Gasteiger partial charge in [-0.25, -0.2) is 0 Å². The maximum absolute atomic E-state index is 12.0. The first kappa shape index (κ1) is 18.2. The normalized spacial score (nSPS) is 26.4. The third-order valence-corrected chi connectivity index (χ3v) is 4.73. The second kappa shape index (κ2) is 7.44. The van der Waals surface area contributed by atoms with E-state index in [9.17, 15) is 4.79 Å². The number of hydrogen-bond donors (Lipinski definition) is 0. The second-order valence-corrected chi connectivity index (χ2v) is 8.05. The van der Waals surface area contributed by atoms with Crippen molar-refractivity contribution in [3.8, 4) is 0 Å². The maximum Gasteiger partial charge on any atom is 0.219 e. The Bertz CT molecular complexity index is 381. The Balaban J connectivity index is 2.60. The van der Waals surface area contributed by atoms with Crippen LogP contribution in [0.25, 0.3) is 0 Å². The molecule has 0 aromatic rings. The minimum atomic E-state index is 0.224. The van der Waals surface area contributed by atoms with Gasteiger partial charge in [-0.1, -0.05) is 25.5 Å². The quantitative estimate of drug-likeness (QED) is 0.544. The van der Waals surface area contributed by atoms with E-state index < -0.39 is 0 Å². The molecule has 0 heterocycles. The minimum Gasteiger partial charge on any atom is -0.342 e. The van der Waals surface area contributed by atoms with E-state index >= 15 is 0 Å². The summed E-state index contributed by atoms with van der Waals surface area (Å²) in [4.78, 5) is 14.0. The first-order valence-corrected chi connectivity index (χ1v) is 8.33. The molecule has 0 saturated carbocycles. The van der Waals surface area contributed by atoms with Crippen molar-refractivity contribution in [2.24, 2.45) is 17.8 Å². The number of amides is 1. The van der Waals surface area contributed by atoms with E-state index in [2.05, 4.69) is 52.9 Å². The summed E-state index contributed by atoms with van der Waals surface area (Å²) in [6.07, 6.45) is 4.65. The van der Waals surface area contributed by atoms with Crippen molar-refractivity contribution in [1.29, 1.82) is 0 Å². The van der Waals surface area contributed by atoms with Crippen LogP contribution in [0.2, 0.25) is 0 Å².